The lowest BCUT2D eigenvalue weighted by atomic mass is 10.1. The Kier molecular flexibility index (Phi) is 20.2. The van der Waals surface area contributed by atoms with E-state index in [1.807, 2.05) is 0 Å². The predicted octanol–water partition coefficient (Wildman–Crippen LogP) is 2.94. The Balaban J connectivity index is 3.59. The zero-order chi connectivity index (χ0) is 22.5. The Bertz CT molecular complexity index is 378. The van der Waals surface area contributed by atoms with Crippen molar-refractivity contribution in [1.82, 2.24) is 0 Å². The molecule has 0 rings (SSSR count). The van der Waals surface area contributed by atoms with Crippen LogP contribution in [0.15, 0.2) is 0 Å². The van der Waals surface area contributed by atoms with Gasteiger partial charge in [-0.2, -0.15) is 0 Å². The van der Waals surface area contributed by atoms with Crippen LogP contribution in [-0.2, 0) is 19.1 Å². The summed E-state index contributed by atoms with van der Waals surface area (Å²) in [5.74, 6) is -0.977. The largest absolute Gasteiger partial charge is 0.436 e. The second kappa shape index (κ2) is 21.0. The first-order valence-electron chi connectivity index (χ1n) is 11.5. The van der Waals surface area contributed by atoms with E-state index in [1.165, 1.54) is 0 Å². The SMILES string of the molecule is O=C(CCCCC(=O)OC(O)CCCCCCCO)OC(O)CCCCCCCO. The fourth-order valence-electron chi connectivity index (χ4n) is 3.00. The van der Waals surface area contributed by atoms with E-state index in [-0.39, 0.29) is 26.1 Å². The molecule has 2 unspecified atom stereocenters. The Morgan fingerprint density at radius 2 is 0.867 bits per heavy atom. The van der Waals surface area contributed by atoms with Crippen LogP contribution in [0.4, 0.5) is 0 Å². The number of rotatable bonds is 21. The third-order valence-corrected chi connectivity index (χ3v) is 4.77. The Hall–Kier alpha value is -1.22. The summed E-state index contributed by atoms with van der Waals surface area (Å²) in [5.41, 5.74) is 0. The first-order chi connectivity index (χ1) is 14.5. The molecule has 30 heavy (non-hydrogen) atoms. The predicted molar refractivity (Wildman–Crippen MR) is 112 cm³/mol. The van der Waals surface area contributed by atoms with Crippen LogP contribution in [0, 0.1) is 0 Å². The van der Waals surface area contributed by atoms with Crippen LogP contribution in [0.5, 0.6) is 0 Å². The number of hydrogen-bond donors (Lipinski definition) is 4. The highest BCUT2D eigenvalue weighted by Gasteiger charge is 2.13. The lowest BCUT2D eigenvalue weighted by Crippen LogP contribution is -2.18. The van der Waals surface area contributed by atoms with Crippen LogP contribution in [0.3, 0.4) is 0 Å². The second-order valence-electron chi connectivity index (χ2n) is 7.66. The van der Waals surface area contributed by atoms with Gasteiger partial charge in [0.25, 0.3) is 0 Å². The van der Waals surface area contributed by atoms with E-state index >= 15 is 0 Å². The molecule has 0 aliphatic heterocycles. The Morgan fingerprint density at radius 1 is 0.533 bits per heavy atom. The molecule has 0 saturated carbocycles. The van der Waals surface area contributed by atoms with Crippen molar-refractivity contribution in [3.05, 3.63) is 0 Å². The third-order valence-electron chi connectivity index (χ3n) is 4.77. The van der Waals surface area contributed by atoms with Crippen molar-refractivity contribution in [1.29, 1.82) is 0 Å². The number of aliphatic hydroxyl groups excluding tert-OH is 4. The van der Waals surface area contributed by atoms with Crippen molar-refractivity contribution >= 4 is 11.9 Å². The molecule has 0 heterocycles. The maximum absolute atomic E-state index is 11.7. The molecule has 0 aromatic carbocycles. The molecule has 178 valence electrons. The standard InChI is InChI=1S/C22H42O8/c23-17-11-5-1-3-7-13-19(25)29-21(27)15-9-10-16-22(28)30-20(26)14-8-4-2-6-12-18-24/h19-20,23-26H,1-18H2. The maximum atomic E-state index is 11.7. The Labute approximate surface area is 180 Å². The average Bonchev–Trinajstić information content (AvgIpc) is 2.70. The monoisotopic (exact) mass is 434 g/mol. The third kappa shape index (κ3) is 20.1. The van der Waals surface area contributed by atoms with Crippen molar-refractivity contribution in [2.75, 3.05) is 13.2 Å². The van der Waals surface area contributed by atoms with E-state index in [9.17, 15) is 19.8 Å². The van der Waals surface area contributed by atoms with Crippen LogP contribution in [0.1, 0.15) is 103 Å². The topological polar surface area (TPSA) is 134 Å². The molecule has 0 amide bonds. The fourth-order valence-corrected chi connectivity index (χ4v) is 3.00. The number of hydrogen-bond acceptors (Lipinski definition) is 8. The summed E-state index contributed by atoms with van der Waals surface area (Å²) in [7, 11) is 0. The molecule has 0 fully saturated rings. The minimum Gasteiger partial charge on any atom is -0.436 e. The quantitative estimate of drug-likeness (QED) is 0.123. The minimum absolute atomic E-state index is 0.122. The fraction of sp³-hybridized carbons (Fsp3) is 0.909. The van der Waals surface area contributed by atoms with Gasteiger partial charge in [-0.3, -0.25) is 9.59 Å². The van der Waals surface area contributed by atoms with Gasteiger partial charge in [0.15, 0.2) is 0 Å². The molecule has 8 heteroatoms. The molecule has 0 aromatic rings. The highest BCUT2D eigenvalue weighted by Crippen LogP contribution is 2.11. The molecule has 0 spiro atoms. The zero-order valence-electron chi connectivity index (χ0n) is 18.3. The first-order valence-corrected chi connectivity index (χ1v) is 11.5. The number of carbonyl (C=O) groups excluding carboxylic acids is 2. The van der Waals surface area contributed by atoms with Crippen LogP contribution < -0.4 is 0 Å². The van der Waals surface area contributed by atoms with E-state index in [0.29, 0.717) is 25.7 Å². The lowest BCUT2D eigenvalue weighted by Gasteiger charge is -2.13. The first kappa shape index (κ1) is 28.8. The van der Waals surface area contributed by atoms with Gasteiger partial charge in [0, 0.05) is 38.9 Å². The molecule has 0 radical (unpaired) electrons. The van der Waals surface area contributed by atoms with Gasteiger partial charge in [0.1, 0.15) is 0 Å². The van der Waals surface area contributed by atoms with E-state index < -0.39 is 24.5 Å². The van der Waals surface area contributed by atoms with Crippen molar-refractivity contribution in [3.63, 3.8) is 0 Å². The van der Waals surface area contributed by atoms with Crippen molar-refractivity contribution < 1.29 is 39.5 Å². The van der Waals surface area contributed by atoms with Crippen LogP contribution in [-0.4, -0.2) is 58.2 Å². The molecule has 8 nitrogen and oxygen atoms in total. The number of ether oxygens (including phenoxy) is 2. The van der Waals surface area contributed by atoms with Crippen LogP contribution >= 0.6 is 0 Å². The van der Waals surface area contributed by atoms with Gasteiger partial charge in [-0.25, -0.2) is 0 Å². The summed E-state index contributed by atoms with van der Waals surface area (Å²) in [6.07, 6.45) is 8.56. The number of carbonyl (C=O) groups is 2. The highest BCUT2D eigenvalue weighted by atomic mass is 16.6. The average molecular weight is 435 g/mol. The van der Waals surface area contributed by atoms with E-state index in [0.717, 1.165) is 64.2 Å². The normalized spacial score (nSPS) is 13.1. The Morgan fingerprint density at radius 3 is 1.23 bits per heavy atom. The molecule has 0 aliphatic carbocycles. The summed E-state index contributed by atoms with van der Waals surface area (Å²) in [5, 5.41) is 36.8. The van der Waals surface area contributed by atoms with Gasteiger partial charge in [0.2, 0.25) is 12.6 Å². The van der Waals surface area contributed by atoms with E-state index in [4.69, 9.17) is 19.7 Å². The number of unbranched alkanes of at least 4 members (excludes halogenated alkanes) is 9. The van der Waals surface area contributed by atoms with Crippen molar-refractivity contribution in [3.8, 4) is 0 Å². The summed E-state index contributed by atoms with van der Waals surface area (Å²) in [6.45, 7) is 0.399. The highest BCUT2D eigenvalue weighted by molar-refractivity contribution is 5.70. The van der Waals surface area contributed by atoms with E-state index in [1.54, 1.807) is 0 Å². The molecule has 0 bridgehead atoms. The van der Waals surface area contributed by atoms with Crippen LogP contribution in [0.25, 0.3) is 0 Å². The molecule has 2 atom stereocenters. The van der Waals surface area contributed by atoms with Gasteiger partial charge >= 0.3 is 11.9 Å². The number of aliphatic hydroxyl groups is 4. The molecular weight excluding hydrogens is 392 g/mol. The summed E-state index contributed by atoms with van der Waals surface area (Å²) < 4.78 is 9.87. The second-order valence-corrected chi connectivity index (χ2v) is 7.66. The van der Waals surface area contributed by atoms with Crippen molar-refractivity contribution in [2.45, 2.75) is 115 Å². The molecule has 4 N–H and O–H groups in total. The van der Waals surface area contributed by atoms with Gasteiger partial charge in [-0.05, 0) is 38.5 Å². The molecular formula is C22H42O8. The molecule has 0 saturated heterocycles. The summed E-state index contributed by atoms with van der Waals surface area (Å²) in [4.78, 5) is 23.4. The van der Waals surface area contributed by atoms with E-state index in [2.05, 4.69) is 0 Å². The summed E-state index contributed by atoms with van der Waals surface area (Å²) in [6, 6.07) is 0. The van der Waals surface area contributed by atoms with Crippen LogP contribution in [0.2, 0.25) is 0 Å². The smallest absolute Gasteiger partial charge is 0.308 e. The van der Waals surface area contributed by atoms with Gasteiger partial charge in [-0.1, -0.05) is 38.5 Å². The van der Waals surface area contributed by atoms with Gasteiger partial charge < -0.3 is 29.9 Å². The maximum Gasteiger partial charge on any atom is 0.308 e. The number of esters is 2. The van der Waals surface area contributed by atoms with Gasteiger partial charge in [-0.15, -0.1) is 0 Å². The molecule has 0 aliphatic rings. The minimum atomic E-state index is -1.10. The summed E-state index contributed by atoms with van der Waals surface area (Å²) >= 11 is 0. The molecule has 0 aromatic heterocycles. The van der Waals surface area contributed by atoms with Crippen molar-refractivity contribution in [2.24, 2.45) is 0 Å². The van der Waals surface area contributed by atoms with Gasteiger partial charge in [0.05, 0.1) is 0 Å². The zero-order valence-corrected chi connectivity index (χ0v) is 18.3. The lowest BCUT2D eigenvalue weighted by molar-refractivity contribution is -0.171.